The van der Waals surface area contributed by atoms with Gasteiger partial charge >= 0.3 is 6.36 Å². The van der Waals surface area contributed by atoms with Crippen molar-refractivity contribution in [2.24, 2.45) is 0 Å². The fourth-order valence-electron chi connectivity index (χ4n) is 2.41. The summed E-state index contributed by atoms with van der Waals surface area (Å²) in [6.45, 7) is 1.84. The van der Waals surface area contributed by atoms with Gasteiger partial charge in [0.25, 0.3) is 0 Å². The first-order chi connectivity index (χ1) is 13.1. The second kappa shape index (κ2) is 9.23. The van der Waals surface area contributed by atoms with Crippen molar-refractivity contribution >= 4 is 23.2 Å². The highest BCUT2D eigenvalue weighted by atomic mass is 19.4. The van der Waals surface area contributed by atoms with Gasteiger partial charge < -0.3 is 15.4 Å². The molecule has 0 fully saturated rings. The molecule has 2 N–H and O–H groups in total. The van der Waals surface area contributed by atoms with Gasteiger partial charge in [0, 0.05) is 11.4 Å². The fraction of sp³-hybridized carbons (Fsp3) is 0.263. The minimum Gasteiger partial charge on any atom is -0.406 e. The van der Waals surface area contributed by atoms with Crippen LogP contribution in [0.3, 0.4) is 0 Å². The lowest BCUT2D eigenvalue weighted by molar-refractivity contribution is -0.274. The molecule has 28 heavy (non-hydrogen) atoms. The lowest BCUT2D eigenvalue weighted by atomic mass is 10.2. The number of carbonyl (C=O) groups excluding carboxylic acids is 2. The van der Waals surface area contributed by atoms with E-state index in [0.29, 0.717) is 11.4 Å². The van der Waals surface area contributed by atoms with Gasteiger partial charge in [-0.3, -0.25) is 14.5 Å². The molecule has 2 amide bonds. The number of benzene rings is 2. The maximum atomic E-state index is 12.1. The predicted molar refractivity (Wildman–Crippen MR) is 99.1 cm³/mol. The molecule has 0 spiro atoms. The Labute approximate surface area is 160 Å². The molecule has 150 valence electrons. The number of carbonyl (C=O) groups is 2. The average molecular weight is 395 g/mol. The zero-order chi connectivity index (χ0) is 20.7. The normalized spacial score (nSPS) is 11.2. The fourth-order valence-corrected chi connectivity index (χ4v) is 2.41. The highest BCUT2D eigenvalue weighted by molar-refractivity contribution is 5.94. The third-order valence-corrected chi connectivity index (χ3v) is 3.50. The number of likely N-dealkylation sites (N-methyl/N-ethyl adjacent to an activating group) is 1. The van der Waals surface area contributed by atoms with E-state index in [9.17, 15) is 22.8 Å². The first kappa shape index (κ1) is 21.2. The largest absolute Gasteiger partial charge is 0.573 e. The van der Waals surface area contributed by atoms with Crippen LogP contribution in [0.1, 0.15) is 5.56 Å². The Kier molecular flexibility index (Phi) is 7.00. The number of alkyl halides is 3. The Balaban J connectivity index is 1.79. The molecule has 0 aromatic heterocycles. The van der Waals surface area contributed by atoms with E-state index in [0.717, 1.165) is 17.7 Å². The zero-order valence-corrected chi connectivity index (χ0v) is 15.3. The van der Waals surface area contributed by atoms with E-state index in [-0.39, 0.29) is 24.7 Å². The van der Waals surface area contributed by atoms with Crippen molar-refractivity contribution in [3.05, 3.63) is 54.1 Å². The molecule has 2 rings (SSSR count). The summed E-state index contributed by atoms with van der Waals surface area (Å²) in [5.74, 6) is -1.06. The summed E-state index contributed by atoms with van der Waals surface area (Å²) in [5.41, 5.74) is 2.00. The van der Waals surface area contributed by atoms with Crippen molar-refractivity contribution in [3.8, 4) is 5.75 Å². The number of anilines is 2. The Hall–Kier alpha value is -3.07. The third-order valence-electron chi connectivity index (χ3n) is 3.50. The average Bonchev–Trinajstić information content (AvgIpc) is 2.54. The summed E-state index contributed by atoms with van der Waals surface area (Å²) < 4.78 is 40.1. The van der Waals surface area contributed by atoms with Crippen LogP contribution < -0.4 is 15.4 Å². The van der Waals surface area contributed by atoms with Crippen LogP contribution in [0.5, 0.6) is 5.75 Å². The van der Waals surface area contributed by atoms with Crippen molar-refractivity contribution in [2.45, 2.75) is 13.3 Å². The second-order valence-electron chi connectivity index (χ2n) is 6.21. The molecule has 0 aliphatic carbocycles. The molecule has 0 heterocycles. The molecule has 0 unspecified atom stereocenters. The predicted octanol–water partition coefficient (Wildman–Crippen LogP) is 3.40. The van der Waals surface area contributed by atoms with Gasteiger partial charge in [-0.15, -0.1) is 13.2 Å². The van der Waals surface area contributed by atoms with E-state index in [1.54, 1.807) is 13.1 Å². The number of amides is 2. The summed E-state index contributed by atoms with van der Waals surface area (Å²) in [7, 11) is 1.61. The molecule has 9 heteroatoms. The summed E-state index contributed by atoms with van der Waals surface area (Å²) in [6.07, 6.45) is -4.77. The molecule has 0 aliphatic heterocycles. The standard InChI is InChI=1S/C19H20F3N3O3/c1-13-4-3-5-15(10-13)24-18(27)12-25(2)11-17(26)23-14-6-8-16(9-7-14)28-19(20,21)22/h3-10H,11-12H2,1-2H3,(H,23,26)(H,24,27). The minimum atomic E-state index is -4.77. The maximum Gasteiger partial charge on any atom is 0.573 e. The van der Waals surface area contributed by atoms with Gasteiger partial charge in [-0.05, 0) is 55.9 Å². The first-order valence-electron chi connectivity index (χ1n) is 8.31. The molecule has 6 nitrogen and oxygen atoms in total. The molecule has 0 radical (unpaired) electrons. The number of ether oxygens (including phenoxy) is 1. The number of nitrogens with zero attached hydrogens (tertiary/aromatic N) is 1. The smallest absolute Gasteiger partial charge is 0.406 e. The van der Waals surface area contributed by atoms with E-state index < -0.39 is 12.3 Å². The van der Waals surface area contributed by atoms with E-state index in [1.807, 2.05) is 25.1 Å². The summed E-state index contributed by atoms with van der Waals surface area (Å²) in [4.78, 5) is 25.6. The van der Waals surface area contributed by atoms with Crippen molar-refractivity contribution in [3.63, 3.8) is 0 Å². The molecule has 0 aliphatic rings. The zero-order valence-electron chi connectivity index (χ0n) is 15.3. The summed E-state index contributed by atoms with van der Waals surface area (Å²) in [5, 5.41) is 5.29. The van der Waals surface area contributed by atoms with E-state index in [4.69, 9.17) is 0 Å². The molecular weight excluding hydrogens is 375 g/mol. The van der Waals surface area contributed by atoms with Gasteiger partial charge in [-0.1, -0.05) is 12.1 Å². The van der Waals surface area contributed by atoms with Crippen molar-refractivity contribution in [2.75, 3.05) is 30.8 Å². The second-order valence-corrected chi connectivity index (χ2v) is 6.21. The SMILES string of the molecule is Cc1cccc(NC(=O)CN(C)CC(=O)Nc2ccc(OC(F)(F)F)cc2)c1. The third kappa shape index (κ3) is 7.67. The highest BCUT2D eigenvalue weighted by Crippen LogP contribution is 2.23. The van der Waals surface area contributed by atoms with Gasteiger partial charge in [0.15, 0.2) is 0 Å². The molecular formula is C19H20F3N3O3. The van der Waals surface area contributed by atoms with E-state index in [2.05, 4.69) is 15.4 Å². The van der Waals surface area contributed by atoms with Crippen LogP contribution in [-0.2, 0) is 9.59 Å². The quantitative estimate of drug-likeness (QED) is 0.754. The lowest BCUT2D eigenvalue weighted by Crippen LogP contribution is -2.36. The minimum absolute atomic E-state index is 0.000275. The van der Waals surface area contributed by atoms with Crippen LogP contribution in [0, 0.1) is 6.92 Å². The van der Waals surface area contributed by atoms with Gasteiger partial charge in [0.05, 0.1) is 13.1 Å². The molecule has 0 saturated carbocycles. The monoisotopic (exact) mass is 395 g/mol. The number of hydrogen-bond acceptors (Lipinski definition) is 4. The van der Waals surface area contributed by atoms with Crippen LogP contribution in [0.2, 0.25) is 0 Å². The Morgan fingerprint density at radius 2 is 1.54 bits per heavy atom. The number of hydrogen-bond donors (Lipinski definition) is 2. The van der Waals surface area contributed by atoms with Gasteiger partial charge in [0.2, 0.25) is 11.8 Å². The Bertz CT molecular complexity index is 823. The van der Waals surface area contributed by atoms with Gasteiger partial charge in [0.1, 0.15) is 5.75 Å². The molecule has 2 aromatic carbocycles. The van der Waals surface area contributed by atoms with Crippen LogP contribution in [0.25, 0.3) is 0 Å². The molecule has 0 saturated heterocycles. The van der Waals surface area contributed by atoms with Crippen molar-refractivity contribution in [1.29, 1.82) is 0 Å². The van der Waals surface area contributed by atoms with E-state index in [1.165, 1.54) is 17.0 Å². The van der Waals surface area contributed by atoms with E-state index >= 15 is 0 Å². The maximum absolute atomic E-state index is 12.1. The number of nitrogens with one attached hydrogen (secondary N) is 2. The van der Waals surface area contributed by atoms with Crippen LogP contribution in [0.4, 0.5) is 24.5 Å². The Morgan fingerprint density at radius 1 is 0.964 bits per heavy atom. The Morgan fingerprint density at radius 3 is 2.07 bits per heavy atom. The number of aryl methyl sites for hydroxylation is 1. The van der Waals surface area contributed by atoms with Crippen LogP contribution >= 0.6 is 0 Å². The summed E-state index contributed by atoms with van der Waals surface area (Å²) >= 11 is 0. The molecule has 2 aromatic rings. The van der Waals surface area contributed by atoms with Gasteiger partial charge in [-0.2, -0.15) is 0 Å². The van der Waals surface area contributed by atoms with Crippen LogP contribution in [0.15, 0.2) is 48.5 Å². The van der Waals surface area contributed by atoms with Crippen molar-refractivity contribution in [1.82, 2.24) is 4.90 Å². The summed E-state index contributed by atoms with van der Waals surface area (Å²) in [6, 6.07) is 12.1. The lowest BCUT2D eigenvalue weighted by Gasteiger charge is -2.16. The highest BCUT2D eigenvalue weighted by Gasteiger charge is 2.30. The first-order valence-corrected chi connectivity index (χ1v) is 8.31. The number of halogens is 3. The molecule has 0 atom stereocenters. The molecule has 0 bridgehead atoms. The van der Waals surface area contributed by atoms with Crippen LogP contribution in [-0.4, -0.2) is 43.2 Å². The van der Waals surface area contributed by atoms with Gasteiger partial charge in [-0.25, -0.2) is 0 Å². The number of rotatable bonds is 7. The topological polar surface area (TPSA) is 70.7 Å². The van der Waals surface area contributed by atoms with Crippen molar-refractivity contribution < 1.29 is 27.5 Å².